The van der Waals surface area contributed by atoms with Crippen molar-refractivity contribution < 1.29 is 4.74 Å². The molecular formula is C13H23N5O. The van der Waals surface area contributed by atoms with Gasteiger partial charge >= 0.3 is 0 Å². The number of hydrazine groups is 1. The van der Waals surface area contributed by atoms with Crippen LogP contribution < -0.4 is 16.2 Å². The Hall–Kier alpha value is -1.40. The molecule has 1 aromatic rings. The third-order valence-electron chi connectivity index (χ3n) is 3.21. The lowest BCUT2D eigenvalue weighted by molar-refractivity contribution is 0.204. The Morgan fingerprint density at radius 3 is 2.74 bits per heavy atom. The minimum absolute atomic E-state index is 0.274. The van der Waals surface area contributed by atoms with Gasteiger partial charge in [-0.05, 0) is 12.8 Å². The summed E-state index contributed by atoms with van der Waals surface area (Å²) in [5, 5.41) is 0. The number of rotatable bonds is 7. The van der Waals surface area contributed by atoms with Crippen LogP contribution in [0.2, 0.25) is 0 Å². The van der Waals surface area contributed by atoms with Crippen LogP contribution in [0.3, 0.4) is 0 Å². The third kappa shape index (κ3) is 3.54. The zero-order chi connectivity index (χ0) is 13.8. The van der Waals surface area contributed by atoms with Gasteiger partial charge in [-0.25, -0.2) is 15.8 Å². The van der Waals surface area contributed by atoms with E-state index in [1.54, 1.807) is 7.11 Å². The molecule has 6 nitrogen and oxygen atoms in total. The maximum absolute atomic E-state index is 5.50. The fraction of sp³-hybridized carbons (Fsp3) is 0.692. The molecule has 0 unspecified atom stereocenters. The highest BCUT2D eigenvalue weighted by molar-refractivity contribution is 5.50. The highest BCUT2D eigenvalue weighted by Gasteiger charge is 2.30. The van der Waals surface area contributed by atoms with Crippen molar-refractivity contribution in [2.45, 2.75) is 38.6 Å². The second-order valence-electron chi connectivity index (χ2n) is 5.19. The van der Waals surface area contributed by atoms with Crippen molar-refractivity contribution in [1.29, 1.82) is 0 Å². The van der Waals surface area contributed by atoms with Crippen molar-refractivity contribution in [2.75, 3.05) is 30.6 Å². The normalized spacial score (nSPS) is 14.8. The molecule has 3 N–H and O–H groups in total. The van der Waals surface area contributed by atoms with E-state index in [0.717, 1.165) is 18.2 Å². The number of hydrogen-bond donors (Lipinski definition) is 2. The Morgan fingerprint density at radius 2 is 2.21 bits per heavy atom. The molecule has 0 aromatic carbocycles. The first-order valence-electron chi connectivity index (χ1n) is 6.77. The molecule has 6 heteroatoms. The summed E-state index contributed by atoms with van der Waals surface area (Å²) in [7, 11) is 1.72. The fourth-order valence-corrected chi connectivity index (χ4v) is 1.99. The van der Waals surface area contributed by atoms with Gasteiger partial charge in [0.25, 0.3) is 0 Å². The van der Waals surface area contributed by atoms with Crippen LogP contribution >= 0.6 is 0 Å². The average molecular weight is 265 g/mol. The average Bonchev–Trinajstić information content (AvgIpc) is 3.23. The molecule has 1 aliphatic carbocycles. The van der Waals surface area contributed by atoms with Crippen LogP contribution in [-0.4, -0.2) is 36.3 Å². The first-order chi connectivity index (χ1) is 9.15. The topological polar surface area (TPSA) is 76.3 Å². The summed E-state index contributed by atoms with van der Waals surface area (Å²) < 4.78 is 5.18. The molecule has 0 radical (unpaired) electrons. The van der Waals surface area contributed by atoms with Gasteiger partial charge in [0, 0.05) is 31.7 Å². The molecule has 0 aliphatic heterocycles. The van der Waals surface area contributed by atoms with Gasteiger partial charge in [-0.3, -0.25) is 0 Å². The largest absolute Gasteiger partial charge is 0.383 e. The van der Waals surface area contributed by atoms with Crippen LogP contribution in [-0.2, 0) is 4.74 Å². The molecule has 0 saturated heterocycles. The van der Waals surface area contributed by atoms with Gasteiger partial charge in [0.2, 0.25) is 0 Å². The molecule has 0 spiro atoms. The maximum atomic E-state index is 5.50. The lowest BCUT2D eigenvalue weighted by Crippen LogP contribution is -2.31. The molecule has 0 atom stereocenters. The predicted molar refractivity (Wildman–Crippen MR) is 76.2 cm³/mol. The van der Waals surface area contributed by atoms with Crippen molar-refractivity contribution in [1.82, 2.24) is 9.97 Å². The smallest absolute Gasteiger partial charge is 0.145 e. The van der Waals surface area contributed by atoms with Crippen molar-refractivity contribution in [3.8, 4) is 0 Å². The third-order valence-corrected chi connectivity index (χ3v) is 3.21. The number of methoxy groups -OCH3 is 1. The Bertz CT molecular complexity index is 419. The van der Waals surface area contributed by atoms with E-state index in [-0.39, 0.29) is 5.92 Å². The van der Waals surface area contributed by atoms with Crippen molar-refractivity contribution >= 4 is 11.6 Å². The molecular weight excluding hydrogens is 242 g/mol. The Labute approximate surface area is 114 Å². The van der Waals surface area contributed by atoms with Crippen LogP contribution in [0.4, 0.5) is 11.6 Å². The second kappa shape index (κ2) is 6.16. The van der Waals surface area contributed by atoms with Crippen LogP contribution in [0, 0.1) is 0 Å². The Morgan fingerprint density at radius 1 is 1.47 bits per heavy atom. The number of anilines is 2. The number of ether oxygens (including phenoxy) is 1. The molecule has 1 aromatic heterocycles. The summed E-state index contributed by atoms with van der Waals surface area (Å²) in [4.78, 5) is 11.3. The van der Waals surface area contributed by atoms with Crippen molar-refractivity contribution in [3.63, 3.8) is 0 Å². The highest BCUT2D eigenvalue weighted by Crippen LogP contribution is 2.31. The van der Waals surface area contributed by atoms with Crippen molar-refractivity contribution in [2.24, 2.45) is 5.84 Å². The molecule has 19 heavy (non-hydrogen) atoms. The van der Waals surface area contributed by atoms with E-state index < -0.39 is 0 Å². The Balaban J connectivity index is 2.26. The lowest BCUT2D eigenvalue weighted by atomic mass is 10.2. The van der Waals surface area contributed by atoms with Crippen molar-refractivity contribution in [3.05, 3.63) is 11.9 Å². The number of hydrogen-bond acceptors (Lipinski definition) is 6. The van der Waals surface area contributed by atoms with E-state index in [1.807, 2.05) is 6.07 Å². The summed E-state index contributed by atoms with van der Waals surface area (Å²) in [5.74, 6) is 8.18. The van der Waals surface area contributed by atoms with Crippen LogP contribution in [0.5, 0.6) is 0 Å². The molecule has 1 saturated carbocycles. The summed E-state index contributed by atoms with van der Waals surface area (Å²) in [6.07, 6.45) is 2.44. The Kier molecular flexibility index (Phi) is 4.55. The molecule has 0 amide bonds. The monoisotopic (exact) mass is 265 g/mol. The number of nitrogens with zero attached hydrogens (tertiary/aromatic N) is 3. The van der Waals surface area contributed by atoms with E-state index in [2.05, 4.69) is 34.1 Å². The molecule has 1 aliphatic rings. The van der Waals surface area contributed by atoms with Crippen LogP contribution in [0.25, 0.3) is 0 Å². The maximum Gasteiger partial charge on any atom is 0.145 e. The molecule has 1 fully saturated rings. The van der Waals surface area contributed by atoms with Gasteiger partial charge in [-0.2, -0.15) is 0 Å². The van der Waals surface area contributed by atoms with Gasteiger partial charge in [-0.1, -0.05) is 13.8 Å². The number of nitrogens with one attached hydrogen (secondary N) is 1. The lowest BCUT2D eigenvalue weighted by Gasteiger charge is -2.24. The molecule has 106 valence electrons. The minimum Gasteiger partial charge on any atom is -0.383 e. The summed E-state index contributed by atoms with van der Waals surface area (Å²) in [6.45, 7) is 5.70. The van der Waals surface area contributed by atoms with E-state index in [0.29, 0.717) is 18.5 Å². The number of aromatic nitrogens is 2. The van der Waals surface area contributed by atoms with Gasteiger partial charge in [-0.15, -0.1) is 0 Å². The van der Waals surface area contributed by atoms with Gasteiger partial charge in [0.05, 0.1) is 6.61 Å². The zero-order valence-corrected chi connectivity index (χ0v) is 11.9. The summed E-state index contributed by atoms with van der Waals surface area (Å²) in [6, 6.07) is 2.48. The summed E-state index contributed by atoms with van der Waals surface area (Å²) >= 11 is 0. The minimum atomic E-state index is 0.274. The first kappa shape index (κ1) is 14.0. The van der Waals surface area contributed by atoms with E-state index in [9.17, 15) is 0 Å². The zero-order valence-electron chi connectivity index (χ0n) is 11.9. The standard InChI is InChI=1S/C13H23N5O/c1-9(2)13-15-11(17-14)8-12(16-13)18(6-7-19-3)10-4-5-10/h8-10H,4-7,14H2,1-3H3,(H,15,16,17). The predicted octanol–water partition coefficient (Wildman–Crippen LogP) is 1.50. The number of nitrogen functional groups attached to an aromatic ring is 1. The van der Waals surface area contributed by atoms with Gasteiger partial charge in [0.15, 0.2) is 0 Å². The van der Waals surface area contributed by atoms with E-state index >= 15 is 0 Å². The van der Waals surface area contributed by atoms with Gasteiger partial charge in [0.1, 0.15) is 17.5 Å². The van der Waals surface area contributed by atoms with E-state index in [1.165, 1.54) is 12.8 Å². The van der Waals surface area contributed by atoms with E-state index in [4.69, 9.17) is 10.6 Å². The van der Waals surface area contributed by atoms with Crippen LogP contribution in [0.1, 0.15) is 38.4 Å². The highest BCUT2D eigenvalue weighted by atomic mass is 16.5. The molecule has 0 bridgehead atoms. The SMILES string of the molecule is COCCN(c1cc(NN)nc(C(C)C)n1)C1CC1. The second-order valence-corrected chi connectivity index (χ2v) is 5.19. The van der Waals surface area contributed by atoms with Gasteiger partial charge < -0.3 is 15.1 Å². The molecule has 1 heterocycles. The quantitative estimate of drug-likeness (QED) is 0.575. The van der Waals surface area contributed by atoms with Crippen LogP contribution in [0.15, 0.2) is 6.07 Å². The molecule has 2 rings (SSSR count). The first-order valence-corrected chi connectivity index (χ1v) is 6.77. The fourth-order valence-electron chi connectivity index (χ4n) is 1.99. The number of nitrogens with two attached hydrogens (primary N) is 1. The summed E-state index contributed by atoms with van der Waals surface area (Å²) in [5.41, 5.74) is 2.62.